The highest BCUT2D eigenvalue weighted by Gasteiger charge is 2.46. The fourth-order valence-corrected chi connectivity index (χ4v) is 10.1. The molecule has 0 radical (unpaired) electrons. The monoisotopic (exact) mass is 756 g/mol. The van der Waals surface area contributed by atoms with E-state index in [1.54, 1.807) is 0 Å². The number of fused-ring (bicyclic) bond motifs is 6. The van der Waals surface area contributed by atoms with E-state index in [1.807, 2.05) is 0 Å². The number of allylic oxidation sites excluding steroid dienone is 4. The zero-order valence-electron chi connectivity index (χ0n) is 33.4. The summed E-state index contributed by atoms with van der Waals surface area (Å²) in [6.07, 6.45) is 9.09. The van der Waals surface area contributed by atoms with Crippen molar-refractivity contribution in [1.82, 2.24) is 4.57 Å². The van der Waals surface area contributed by atoms with E-state index in [0.717, 1.165) is 29.9 Å². The normalized spacial score (nSPS) is 14.0. The minimum atomic E-state index is -0.435. The molecule has 1 aromatic heterocycles. The predicted octanol–water partition coefficient (Wildman–Crippen LogP) is 15.1. The summed E-state index contributed by atoms with van der Waals surface area (Å²) in [5.41, 5.74) is 19.4. The Morgan fingerprint density at radius 3 is 1.81 bits per heavy atom. The van der Waals surface area contributed by atoms with Gasteiger partial charge in [0.2, 0.25) is 0 Å². The van der Waals surface area contributed by atoms with Gasteiger partial charge in [-0.3, -0.25) is 0 Å². The summed E-state index contributed by atoms with van der Waals surface area (Å²) in [7, 11) is 0. The number of hydrogen-bond acceptors (Lipinski definition) is 1. The van der Waals surface area contributed by atoms with E-state index in [9.17, 15) is 0 Å². The van der Waals surface area contributed by atoms with Gasteiger partial charge in [-0.05, 0) is 143 Å². The van der Waals surface area contributed by atoms with Crippen LogP contribution < -0.4 is 4.90 Å². The molecule has 282 valence electrons. The highest BCUT2D eigenvalue weighted by atomic mass is 15.1. The molecule has 0 saturated heterocycles. The zero-order valence-corrected chi connectivity index (χ0v) is 33.4. The minimum absolute atomic E-state index is 0.435. The number of para-hydroxylation sites is 1. The Morgan fingerprint density at radius 2 is 1.08 bits per heavy atom. The van der Waals surface area contributed by atoms with Crippen molar-refractivity contribution in [2.45, 2.75) is 32.1 Å². The summed E-state index contributed by atoms with van der Waals surface area (Å²) in [5, 5.41) is 2.52. The smallest absolute Gasteiger partial charge is 0.0713 e. The van der Waals surface area contributed by atoms with Crippen molar-refractivity contribution < 1.29 is 0 Å². The van der Waals surface area contributed by atoms with Crippen molar-refractivity contribution in [2.24, 2.45) is 0 Å². The average Bonchev–Trinajstić information content (AvgIpc) is 3.77. The molecule has 9 aromatic rings. The van der Waals surface area contributed by atoms with Gasteiger partial charge >= 0.3 is 0 Å². The lowest BCUT2D eigenvalue weighted by Gasteiger charge is -2.34. The molecule has 2 aliphatic rings. The average molecular weight is 757 g/mol. The molecule has 1 heterocycles. The molecule has 59 heavy (non-hydrogen) atoms. The number of hydrogen-bond donors (Lipinski definition) is 0. The van der Waals surface area contributed by atoms with Crippen LogP contribution in [-0.4, -0.2) is 4.57 Å². The van der Waals surface area contributed by atoms with Gasteiger partial charge in [0.25, 0.3) is 0 Å². The number of anilines is 3. The van der Waals surface area contributed by atoms with Crippen molar-refractivity contribution in [3.8, 4) is 22.3 Å². The fraction of sp³-hybridized carbons (Fsp3) is 0.0877. The lowest BCUT2D eigenvalue weighted by Crippen LogP contribution is -2.28. The molecule has 0 atom stereocenters. The maximum absolute atomic E-state index is 2.45. The zero-order chi connectivity index (χ0) is 39.5. The number of rotatable bonds is 7. The molecule has 0 saturated carbocycles. The molecule has 0 bridgehead atoms. The summed E-state index contributed by atoms with van der Waals surface area (Å²) < 4.78 is 2.43. The fourth-order valence-electron chi connectivity index (χ4n) is 10.1. The van der Waals surface area contributed by atoms with Crippen LogP contribution >= 0.6 is 0 Å². The first-order chi connectivity index (χ1) is 29.1. The Bertz CT molecular complexity index is 3050. The second-order valence-corrected chi connectivity index (χ2v) is 16.2. The molecule has 2 heteroatoms. The standard InChI is InChI=1S/C57H44N2/c1-39-34-40(2)36-48(35-39)58(47-31-33-56-52(38-47)51-23-13-15-25-55(51)59(56)45-20-10-5-11-21-45)46-29-26-41(27-30-46)42-28-32-50-49-22-12-14-24-53(49)57(54(50)37-42,43-16-6-3-7-17-43)44-18-8-4-9-19-44/h3-4,6-10,12-38H,5,11H2,1-2H3. The summed E-state index contributed by atoms with van der Waals surface area (Å²) >= 11 is 0. The van der Waals surface area contributed by atoms with Gasteiger partial charge < -0.3 is 9.47 Å². The molecule has 0 unspecified atom stereocenters. The lowest BCUT2D eigenvalue weighted by atomic mass is 9.67. The third-order valence-electron chi connectivity index (χ3n) is 12.5. The predicted molar refractivity (Wildman–Crippen MR) is 249 cm³/mol. The van der Waals surface area contributed by atoms with E-state index in [4.69, 9.17) is 0 Å². The maximum Gasteiger partial charge on any atom is 0.0713 e. The van der Waals surface area contributed by atoms with E-state index in [1.165, 1.54) is 83.1 Å². The number of nitrogens with zero attached hydrogens (tertiary/aromatic N) is 2. The van der Waals surface area contributed by atoms with Gasteiger partial charge in [-0.25, -0.2) is 0 Å². The molecular weight excluding hydrogens is 713 g/mol. The van der Waals surface area contributed by atoms with Crippen molar-refractivity contribution in [3.05, 3.63) is 240 Å². The molecule has 0 N–H and O–H groups in total. The van der Waals surface area contributed by atoms with Gasteiger partial charge in [-0.15, -0.1) is 0 Å². The molecule has 0 spiro atoms. The van der Waals surface area contributed by atoms with E-state index in [-0.39, 0.29) is 0 Å². The minimum Gasteiger partial charge on any atom is -0.310 e. The topological polar surface area (TPSA) is 8.17 Å². The molecule has 2 aliphatic carbocycles. The molecule has 8 aromatic carbocycles. The Hall–Kier alpha value is -7.16. The van der Waals surface area contributed by atoms with Crippen molar-refractivity contribution in [1.29, 1.82) is 0 Å². The van der Waals surface area contributed by atoms with Crippen LogP contribution in [-0.2, 0) is 5.41 Å². The third-order valence-corrected chi connectivity index (χ3v) is 12.5. The van der Waals surface area contributed by atoms with Gasteiger partial charge in [0.1, 0.15) is 0 Å². The first kappa shape index (κ1) is 35.0. The SMILES string of the molecule is Cc1cc(C)cc(N(c2ccc(-c3ccc4c(c3)C(c3ccccc3)(c3ccccc3)c3ccccc3-4)cc2)c2ccc3c(c2)c2ccccc2n3C2=CCCC=C2)c1. The Morgan fingerprint density at radius 1 is 0.458 bits per heavy atom. The molecular formula is C57H44N2. The van der Waals surface area contributed by atoms with Gasteiger partial charge in [-0.1, -0.05) is 146 Å². The molecule has 0 fully saturated rings. The van der Waals surface area contributed by atoms with Crippen LogP contribution in [0.5, 0.6) is 0 Å². The van der Waals surface area contributed by atoms with E-state index < -0.39 is 5.41 Å². The van der Waals surface area contributed by atoms with Crippen molar-refractivity contribution in [3.63, 3.8) is 0 Å². The van der Waals surface area contributed by atoms with Gasteiger partial charge in [-0.2, -0.15) is 0 Å². The van der Waals surface area contributed by atoms with E-state index in [0.29, 0.717) is 0 Å². The van der Waals surface area contributed by atoms with E-state index in [2.05, 4.69) is 230 Å². The van der Waals surface area contributed by atoms with Crippen LogP contribution in [0.4, 0.5) is 17.1 Å². The third kappa shape index (κ3) is 5.62. The maximum atomic E-state index is 2.45. The molecule has 2 nitrogen and oxygen atoms in total. The Balaban J connectivity index is 1.05. The second-order valence-electron chi connectivity index (χ2n) is 16.2. The van der Waals surface area contributed by atoms with Crippen molar-refractivity contribution >= 4 is 44.6 Å². The Kier molecular flexibility index (Phi) is 8.34. The molecule has 0 amide bonds. The summed E-state index contributed by atoms with van der Waals surface area (Å²) in [6.45, 7) is 4.38. The van der Waals surface area contributed by atoms with E-state index >= 15 is 0 Å². The number of aryl methyl sites for hydroxylation is 2. The number of aromatic nitrogens is 1. The highest BCUT2D eigenvalue weighted by molar-refractivity contribution is 6.12. The van der Waals surface area contributed by atoms with Crippen LogP contribution in [0.25, 0.3) is 49.8 Å². The van der Waals surface area contributed by atoms with Crippen molar-refractivity contribution in [2.75, 3.05) is 4.90 Å². The van der Waals surface area contributed by atoms with Gasteiger partial charge in [0, 0.05) is 33.5 Å². The van der Waals surface area contributed by atoms with Crippen LogP contribution in [0.2, 0.25) is 0 Å². The van der Waals surface area contributed by atoms with Crippen LogP contribution in [0.1, 0.15) is 46.2 Å². The summed E-state index contributed by atoms with van der Waals surface area (Å²) in [4.78, 5) is 2.42. The quantitative estimate of drug-likeness (QED) is 0.157. The lowest BCUT2D eigenvalue weighted by molar-refractivity contribution is 0.769. The molecule has 0 aliphatic heterocycles. The summed E-state index contributed by atoms with van der Waals surface area (Å²) in [5.74, 6) is 0. The second kappa shape index (κ2) is 14.0. The first-order valence-electron chi connectivity index (χ1n) is 20.8. The largest absolute Gasteiger partial charge is 0.310 e. The Labute approximate surface area is 346 Å². The summed E-state index contributed by atoms with van der Waals surface area (Å²) in [6, 6.07) is 70.0. The van der Waals surface area contributed by atoms with Gasteiger partial charge in [0.15, 0.2) is 0 Å². The highest BCUT2D eigenvalue weighted by Crippen LogP contribution is 2.56. The first-order valence-corrected chi connectivity index (χ1v) is 20.8. The van der Waals surface area contributed by atoms with Crippen LogP contribution in [0, 0.1) is 13.8 Å². The molecule has 11 rings (SSSR count). The van der Waals surface area contributed by atoms with Gasteiger partial charge in [0.05, 0.1) is 16.4 Å². The van der Waals surface area contributed by atoms with Crippen LogP contribution in [0.3, 0.4) is 0 Å². The van der Waals surface area contributed by atoms with Crippen LogP contribution in [0.15, 0.2) is 206 Å². The number of benzene rings is 8.